The number of nitrogens with zero attached hydrogens (tertiary/aromatic N) is 1. The Bertz CT molecular complexity index is 2900. The van der Waals surface area contributed by atoms with Crippen molar-refractivity contribution in [2.75, 3.05) is 4.90 Å². The van der Waals surface area contributed by atoms with E-state index in [-0.39, 0.29) is 10.8 Å². The van der Waals surface area contributed by atoms with Gasteiger partial charge in [0.2, 0.25) is 0 Å². The van der Waals surface area contributed by atoms with Crippen LogP contribution >= 0.6 is 0 Å². The average Bonchev–Trinajstić information content (AvgIpc) is 3.61. The fourth-order valence-corrected chi connectivity index (χ4v) is 11.4. The van der Waals surface area contributed by atoms with E-state index < -0.39 is 5.41 Å². The highest BCUT2D eigenvalue weighted by Crippen LogP contribution is 2.60. The first-order chi connectivity index (χ1) is 30.2. The Balaban J connectivity index is 1.31. The van der Waals surface area contributed by atoms with E-state index in [9.17, 15) is 0 Å². The summed E-state index contributed by atoms with van der Waals surface area (Å²) in [5.41, 5.74) is 21.9. The predicted molar refractivity (Wildman–Crippen MR) is 261 cm³/mol. The van der Waals surface area contributed by atoms with E-state index in [1.54, 1.807) is 0 Å². The zero-order valence-corrected chi connectivity index (χ0v) is 36.6. The highest BCUT2D eigenvalue weighted by Gasteiger charge is 2.47. The molecule has 3 aliphatic rings. The number of benzene rings is 8. The molecule has 0 saturated heterocycles. The van der Waals surface area contributed by atoms with Crippen molar-refractivity contribution in [3.05, 3.63) is 233 Å². The number of para-hydroxylation sites is 1. The molecular formula is C61H55N. The summed E-state index contributed by atoms with van der Waals surface area (Å²) in [4.78, 5) is 2.58. The molecular weight excluding hydrogens is 747 g/mol. The Morgan fingerprint density at radius 2 is 0.919 bits per heavy atom. The van der Waals surface area contributed by atoms with Crippen molar-refractivity contribution in [3.8, 4) is 33.4 Å². The zero-order valence-electron chi connectivity index (χ0n) is 36.6. The molecule has 0 saturated carbocycles. The normalized spacial score (nSPS) is 16.4. The summed E-state index contributed by atoms with van der Waals surface area (Å²) in [6.45, 7) is 9.83. The third-order valence-corrected chi connectivity index (χ3v) is 14.8. The van der Waals surface area contributed by atoms with Crippen molar-refractivity contribution in [2.24, 2.45) is 0 Å². The van der Waals surface area contributed by atoms with E-state index in [4.69, 9.17) is 0 Å². The summed E-state index contributed by atoms with van der Waals surface area (Å²) in [7, 11) is 0. The van der Waals surface area contributed by atoms with Crippen molar-refractivity contribution in [2.45, 2.75) is 82.5 Å². The molecule has 0 aromatic heterocycles. The SMILES string of the molecule is CC1(C)CCC(C)(C)c2cc(-c3cc4c(cc3N(c3ccccc3)c3ccc5c(c3)CCCC5)C(c3ccccc3)(c3ccccc3)c3ccccc3-4)c(-c3ccccc3)cc21. The summed E-state index contributed by atoms with van der Waals surface area (Å²) in [5, 5.41) is 0. The number of rotatable bonds is 7. The molecule has 3 aliphatic carbocycles. The lowest BCUT2D eigenvalue weighted by Gasteiger charge is -2.43. The maximum atomic E-state index is 2.61. The Labute approximate surface area is 368 Å². The molecule has 304 valence electrons. The standard InChI is InChI=1S/C61H55N/c1-59(2)35-36-60(3,4)57-40-51(50(39-56(57)59)43-22-9-5-10-23-43)53-38-52-49-31-19-20-32-54(49)61(45-25-11-6-12-26-45,46-27-13-7-14-28-46)55(52)41-58(53)62(47-29-15-8-16-30-47)48-34-33-42-21-17-18-24-44(42)37-48/h5-16,19-20,22-23,25-34,37-41H,17-18,21,24,35-36H2,1-4H3. The van der Waals surface area contributed by atoms with Crippen molar-refractivity contribution >= 4 is 17.1 Å². The molecule has 0 radical (unpaired) electrons. The summed E-state index contributed by atoms with van der Waals surface area (Å²) >= 11 is 0. The van der Waals surface area contributed by atoms with Gasteiger partial charge in [0.25, 0.3) is 0 Å². The number of fused-ring (bicyclic) bond motifs is 5. The lowest BCUT2D eigenvalue weighted by molar-refractivity contribution is 0.332. The molecule has 0 aliphatic heterocycles. The number of aryl methyl sites for hydroxylation is 2. The van der Waals surface area contributed by atoms with Crippen LogP contribution in [0.15, 0.2) is 188 Å². The first-order valence-corrected chi connectivity index (χ1v) is 22.9. The molecule has 1 nitrogen and oxygen atoms in total. The van der Waals surface area contributed by atoms with Crippen LogP contribution in [0.1, 0.15) is 97.9 Å². The third-order valence-electron chi connectivity index (χ3n) is 14.8. The first-order valence-electron chi connectivity index (χ1n) is 22.9. The largest absolute Gasteiger partial charge is 0.310 e. The molecule has 1 heteroatoms. The van der Waals surface area contributed by atoms with Gasteiger partial charge in [0, 0.05) is 16.9 Å². The van der Waals surface area contributed by atoms with Gasteiger partial charge in [-0.15, -0.1) is 0 Å². The first kappa shape index (κ1) is 38.5. The predicted octanol–water partition coefficient (Wildman–Crippen LogP) is 16.1. The van der Waals surface area contributed by atoms with Gasteiger partial charge in [0.1, 0.15) is 0 Å². The maximum Gasteiger partial charge on any atom is 0.0714 e. The van der Waals surface area contributed by atoms with Crippen LogP contribution in [0.2, 0.25) is 0 Å². The minimum atomic E-state index is -0.538. The second-order valence-electron chi connectivity index (χ2n) is 19.4. The van der Waals surface area contributed by atoms with E-state index in [0.717, 1.165) is 24.9 Å². The van der Waals surface area contributed by atoms with E-state index in [2.05, 4.69) is 221 Å². The second kappa shape index (κ2) is 14.9. The lowest BCUT2D eigenvalue weighted by atomic mass is 9.62. The van der Waals surface area contributed by atoms with Crippen LogP contribution in [0.4, 0.5) is 17.1 Å². The second-order valence-corrected chi connectivity index (χ2v) is 19.4. The summed E-state index contributed by atoms with van der Waals surface area (Å²) in [6.07, 6.45) is 7.10. The van der Waals surface area contributed by atoms with Crippen molar-refractivity contribution in [3.63, 3.8) is 0 Å². The van der Waals surface area contributed by atoms with Crippen molar-refractivity contribution in [1.29, 1.82) is 0 Å². The number of anilines is 3. The van der Waals surface area contributed by atoms with Crippen molar-refractivity contribution < 1.29 is 0 Å². The smallest absolute Gasteiger partial charge is 0.0714 e. The van der Waals surface area contributed by atoms with Crippen LogP contribution < -0.4 is 4.90 Å². The maximum absolute atomic E-state index is 2.61. The fraction of sp³-hybridized carbons (Fsp3) is 0.213. The molecule has 0 spiro atoms. The summed E-state index contributed by atoms with van der Waals surface area (Å²) < 4.78 is 0. The molecule has 0 unspecified atom stereocenters. The van der Waals surface area contributed by atoms with E-state index in [1.807, 2.05) is 0 Å². The average molecular weight is 802 g/mol. The lowest BCUT2D eigenvalue weighted by Crippen LogP contribution is -2.34. The van der Waals surface area contributed by atoms with Crippen LogP contribution in [0.5, 0.6) is 0 Å². The van der Waals surface area contributed by atoms with Gasteiger partial charge in [-0.05, 0) is 170 Å². The van der Waals surface area contributed by atoms with Gasteiger partial charge in [-0.3, -0.25) is 0 Å². The zero-order chi connectivity index (χ0) is 42.1. The Hall–Kier alpha value is -6.44. The van der Waals surface area contributed by atoms with Gasteiger partial charge in [-0.1, -0.05) is 167 Å². The summed E-state index contributed by atoms with van der Waals surface area (Å²) in [6, 6.07) is 71.7. The molecule has 8 aromatic rings. The van der Waals surface area contributed by atoms with Gasteiger partial charge < -0.3 is 4.90 Å². The Kier molecular flexibility index (Phi) is 9.24. The molecule has 0 heterocycles. The fourth-order valence-electron chi connectivity index (χ4n) is 11.4. The molecule has 0 amide bonds. The number of hydrogen-bond donors (Lipinski definition) is 0. The van der Waals surface area contributed by atoms with Crippen LogP contribution in [-0.2, 0) is 29.1 Å². The van der Waals surface area contributed by atoms with Gasteiger partial charge in [-0.2, -0.15) is 0 Å². The van der Waals surface area contributed by atoms with E-state index >= 15 is 0 Å². The van der Waals surface area contributed by atoms with Crippen LogP contribution in [-0.4, -0.2) is 0 Å². The summed E-state index contributed by atoms with van der Waals surface area (Å²) in [5.74, 6) is 0. The molecule has 8 aromatic carbocycles. The van der Waals surface area contributed by atoms with Gasteiger partial charge >= 0.3 is 0 Å². The van der Waals surface area contributed by atoms with Crippen LogP contribution in [0.25, 0.3) is 33.4 Å². The van der Waals surface area contributed by atoms with Crippen LogP contribution in [0.3, 0.4) is 0 Å². The van der Waals surface area contributed by atoms with Crippen molar-refractivity contribution in [1.82, 2.24) is 0 Å². The van der Waals surface area contributed by atoms with E-state index in [1.165, 1.54) is 109 Å². The molecule has 62 heavy (non-hydrogen) atoms. The minimum absolute atomic E-state index is 0.0334. The van der Waals surface area contributed by atoms with Crippen LogP contribution in [0, 0.1) is 0 Å². The van der Waals surface area contributed by atoms with E-state index in [0.29, 0.717) is 0 Å². The monoisotopic (exact) mass is 801 g/mol. The molecule has 11 rings (SSSR count). The van der Waals surface area contributed by atoms with Gasteiger partial charge in [0.15, 0.2) is 0 Å². The van der Waals surface area contributed by atoms with Gasteiger partial charge in [0.05, 0.1) is 11.1 Å². The highest BCUT2D eigenvalue weighted by atomic mass is 15.1. The highest BCUT2D eigenvalue weighted by molar-refractivity contribution is 6.00. The minimum Gasteiger partial charge on any atom is -0.310 e. The number of hydrogen-bond acceptors (Lipinski definition) is 1. The topological polar surface area (TPSA) is 3.24 Å². The Morgan fingerprint density at radius 1 is 0.371 bits per heavy atom. The Morgan fingerprint density at radius 3 is 1.56 bits per heavy atom. The molecule has 0 N–H and O–H groups in total. The third kappa shape index (κ3) is 6.11. The van der Waals surface area contributed by atoms with Gasteiger partial charge in [-0.25, -0.2) is 0 Å². The molecule has 0 bridgehead atoms. The quantitative estimate of drug-likeness (QED) is 0.155. The molecule has 0 atom stereocenters. The molecule has 0 fully saturated rings.